The van der Waals surface area contributed by atoms with Crippen molar-refractivity contribution >= 4 is 5.82 Å². The zero-order valence-corrected chi connectivity index (χ0v) is 10.0. The van der Waals surface area contributed by atoms with Crippen LogP contribution in [0.15, 0.2) is 18.3 Å². The van der Waals surface area contributed by atoms with Crippen molar-refractivity contribution in [2.24, 2.45) is 0 Å². The smallest absolute Gasteiger partial charge is 0.129 e. The molecule has 3 heteroatoms. The molecule has 0 aliphatic heterocycles. The summed E-state index contributed by atoms with van der Waals surface area (Å²) in [6.07, 6.45) is 8.24. The van der Waals surface area contributed by atoms with Crippen molar-refractivity contribution in [2.45, 2.75) is 19.9 Å². The summed E-state index contributed by atoms with van der Waals surface area (Å²) in [5.41, 5.74) is 1.24. The van der Waals surface area contributed by atoms with Crippen LogP contribution >= 0.6 is 0 Å². The molecule has 0 aliphatic rings. The van der Waals surface area contributed by atoms with Gasteiger partial charge < -0.3 is 10.2 Å². The molecule has 0 aromatic carbocycles. The Hall–Kier alpha value is -1.53. The number of nitrogens with one attached hydrogen (secondary N) is 1. The molecule has 1 rings (SSSR count). The van der Waals surface area contributed by atoms with Gasteiger partial charge in [0.25, 0.3) is 0 Å². The maximum atomic E-state index is 5.27. The summed E-state index contributed by atoms with van der Waals surface area (Å²) in [5.74, 6) is 3.53. The molecular formula is C13H19N3. The number of terminal acetylenes is 1. The predicted octanol–water partition coefficient (Wildman–Crippen LogP) is 1.65. The SMILES string of the molecule is C#CCN(C)c1cc(CNCCC)ccn1. The van der Waals surface area contributed by atoms with Gasteiger partial charge in [0.2, 0.25) is 0 Å². The van der Waals surface area contributed by atoms with E-state index in [1.54, 1.807) is 0 Å². The molecule has 0 fully saturated rings. The molecule has 0 saturated carbocycles. The van der Waals surface area contributed by atoms with Crippen molar-refractivity contribution < 1.29 is 0 Å². The van der Waals surface area contributed by atoms with Gasteiger partial charge in [-0.2, -0.15) is 0 Å². The van der Waals surface area contributed by atoms with Gasteiger partial charge in [0, 0.05) is 19.8 Å². The van der Waals surface area contributed by atoms with Crippen molar-refractivity contribution in [2.75, 3.05) is 25.0 Å². The molecule has 3 nitrogen and oxygen atoms in total. The zero-order chi connectivity index (χ0) is 11.8. The van der Waals surface area contributed by atoms with E-state index in [-0.39, 0.29) is 0 Å². The van der Waals surface area contributed by atoms with Crippen molar-refractivity contribution in [3.63, 3.8) is 0 Å². The normalized spacial score (nSPS) is 9.81. The first kappa shape index (κ1) is 12.5. The number of rotatable bonds is 6. The molecule has 1 heterocycles. The molecule has 0 bridgehead atoms. The summed E-state index contributed by atoms with van der Waals surface area (Å²) in [4.78, 5) is 6.25. The molecule has 0 atom stereocenters. The largest absolute Gasteiger partial charge is 0.349 e. The minimum absolute atomic E-state index is 0.582. The van der Waals surface area contributed by atoms with Crippen LogP contribution in [0.2, 0.25) is 0 Å². The lowest BCUT2D eigenvalue weighted by Crippen LogP contribution is -2.19. The Bertz CT molecular complexity index is 354. The van der Waals surface area contributed by atoms with Crippen LogP contribution < -0.4 is 10.2 Å². The predicted molar refractivity (Wildman–Crippen MR) is 68.3 cm³/mol. The molecule has 1 aromatic heterocycles. The summed E-state index contributed by atoms with van der Waals surface area (Å²) in [6.45, 7) is 4.66. The summed E-state index contributed by atoms with van der Waals surface area (Å²) in [6, 6.07) is 4.09. The van der Waals surface area contributed by atoms with Crippen LogP contribution in [0.4, 0.5) is 5.82 Å². The third-order valence-corrected chi connectivity index (χ3v) is 2.29. The first-order chi connectivity index (χ1) is 7.77. The number of aromatic nitrogens is 1. The molecule has 0 aliphatic carbocycles. The maximum Gasteiger partial charge on any atom is 0.129 e. The molecule has 1 aromatic rings. The third kappa shape index (κ3) is 3.92. The Balaban J connectivity index is 2.60. The second-order valence-electron chi connectivity index (χ2n) is 3.76. The number of pyridine rings is 1. The summed E-state index contributed by atoms with van der Waals surface area (Å²) < 4.78 is 0. The van der Waals surface area contributed by atoms with Gasteiger partial charge in [-0.3, -0.25) is 0 Å². The summed E-state index contributed by atoms with van der Waals surface area (Å²) >= 11 is 0. The first-order valence-electron chi connectivity index (χ1n) is 5.58. The van der Waals surface area contributed by atoms with Crippen LogP contribution in [0.25, 0.3) is 0 Å². The van der Waals surface area contributed by atoms with Crippen LogP contribution in [-0.4, -0.2) is 25.1 Å². The lowest BCUT2D eigenvalue weighted by Gasteiger charge is -2.15. The average molecular weight is 217 g/mol. The highest BCUT2D eigenvalue weighted by Gasteiger charge is 2.01. The highest BCUT2D eigenvalue weighted by Crippen LogP contribution is 2.10. The Morgan fingerprint density at radius 2 is 2.38 bits per heavy atom. The second-order valence-corrected chi connectivity index (χ2v) is 3.76. The van der Waals surface area contributed by atoms with Crippen molar-refractivity contribution in [3.05, 3.63) is 23.9 Å². The second kappa shape index (κ2) is 6.86. The Morgan fingerprint density at radius 3 is 3.06 bits per heavy atom. The van der Waals surface area contributed by atoms with Crippen LogP contribution in [-0.2, 0) is 6.54 Å². The minimum atomic E-state index is 0.582. The quantitative estimate of drug-likeness (QED) is 0.580. The van der Waals surface area contributed by atoms with Gasteiger partial charge in [-0.25, -0.2) is 4.98 Å². The van der Waals surface area contributed by atoms with E-state index in [9.17, 15) is 0 Å². The van der Waals surface area contributed by atoms with E-state index in [1.807, 2.05) is 24.2 Å². The van der Waals surface area contributed by atoms with Crippen molar-refractivity contribution in [1.29, 1.82) is 0 Å². The van der Waals surface area contributed by atoms with E-state index in [1.165, 1.54) is 5.56 Å². The monoisotopic (exact) mass is 217 g/mol. The highest BCUT2D eigenvalue weighted by atomic mass is 15.1. The fourth-order valence-corrected chi connectivity index (χ4v) is 1.41. The molecule has 0 spiro atoms. The lowest BCUT2D eigenvalue weighted by molar-refractivity contribution is 0.675. The molecule has 0 saturated heterocycles. The minimum Gasteiger partial charge on any atom is -0.349 e. The van der Waals surface area contributed by atoms with Gasteiger partial charge in [-0.1, -0.05) is 12.8 Å². The maximum absolute atomic E-state index is 5.27. The van der Waals surface area contributed by atoms with E-state index in [0.717, 1.165) is 25.3 Å². The fraction of sp³-hybridized carbons (Fsp3) is 0.462. The first-order valence-corrected chi connectivity index (χ1v) is 5.58. The van der Waals surface area contributed by atoms with Gasteiger partial charge in [-0.15, -0.1) is 6.42 Å². The van der Waals surface area contributed by atoms with E-state index < -0.39 is 0 Å². The van der Waals surface area contributed by atoms with E-state index in [0.29, 0.717) is 6.54 Å². The van der Waals surface area contributed by atoms with E-state index >= 15 is 0 Å². The number of hydrogen-bond donors (Lipinski definition) is 1. The van der Waals surface area contributed by atoms with Crippen molar-refractivity contribution in [3.8, 4) is 12.3 Å². The molecule has 1 N–H and O–H groups in total. The molecular weight excluding hydrogens is 198 g/mol. The average Bonchev–Trinajstić information content (AvgIpc) is 2.30. The molecule has 0 unspecified atom stereocenters. The number of nitrogens with zero attached hydrogens (tertiary/aromatic N) is 2. The van der Waals surface area contributed by atoms with Gasteiger partial charge in [-0.05, 0) is 30.7 Å². The summed E-state index contributed by atoms with van der Waals surface area (Å²) in [7, 11) is 1.95. The lowest BCUT2D eigenvalue weighted by atomic mass is 10.2. The van der Waals surface area contributed by atoms with E-state index in [4.69, 9.17) is 6.42 Å². The van der Waals surface area contributed by atoms with Crippen molar-refractivity contribution in [1.82, 2.24) is 10.3 Å². The summed E-state index contributed by atoms with van der Waals surface area (Å²) in [5, 5.41) is 3.36. The van der Waals surface area contributed by atoms with Crippen LogP contribution in [0.5, 0.6) is 0 Å². The van der Waals surface area contributed by atoms with Crippen LogP contribution in [0.3, 0.4) is 0 Å². The van der Waals surface area contributed by atoms with Crippen LogP contribution in [0.1, 0.15) is 18.9 Å². The molecule has 16 heavy (non-hydrogen) atoms. The van der Waals surface area contributed by atoms with Gasteiger partial charge >= 0.3 is 0 Å². The third-order valence-electron chi connectivity index (χ3n) is 2.29. The Kier molecular flexibility index (Phi) is 5.38. The molecule has 86 valence electrons. The Labute approximate surface area is 97.9 Å². The standard InChI is InChI=1S/C13H19N3/c1-4-7-14-11-12-6-8-15-13(10-12)16(3)9-5-2/h2,6,8,10,14H,4,7,9,11H2,1,3H3. The van der Waals surface area contributed by atoms with Gasteiger partial charge in [0.15, 0.2) is 0 Å². The van der Waals surface area contributed by atoms with Crippen LogP contribution in [0, 0.1) is 12.3 Å². The van der Waals surface area contributed by atoms with Gasteiger partial charge in [0.05, 0.1) is 6.54 Å². The zero-order valence-electron chi connectivity index (χ0n) is 10.0. The Morgan fingerprint density at radius 1 is 1.56 bits per heavy atom. The number of anilines is 1. The molecule has 0 radical (unpaired) electrons. The highest BCUT2D eigenvalue weighted by molar-refractivity contribution is 5.41. The molecule has 0 amide bonds. The fourth-order valence-electron chi connectivity index (χ4n) is 1.41. The van der Waals surface area contributed by atoms with E-state index in [2.05, 4.69) is 29.2 Å². The topological polar surface area (TPSA) is 28.2 Å². The van der Waals surface area contributed by atoms with Gasteiger partial charge in [0.1, 0.15) is 5.82 Å². The number of hydrogen-bond acceptors (Lipinski definition) is 3.